The summed E-state index contributed by atoms with van der Waals surface area (Å²) in [6.45, 7) is 4.72. The Labute approximate surface area is 111 Å². The van der Waals surface area contributed by atoms with E-state index in [1.165, 1.54) is 5.56 Å². The molecule has 2 N–H and O–H groups in total. The fraction of sp³-hybridized carbons (Fsp3) is 0.200. The van der Waals surface area contributed by atoms with Gasteiger partial charge in [-0.1, -0.05) is 17.7 Å². The summed E-state index contributed by atoms with van der Waals surface area (Å²) in [7, 11) is 0. The zero-order valence-electron chi connectivity index (χ0n) is 11.1. The predicted octanol–water partition coefficient (Wildman–Crippen LogP) is 3.19. The number of rotatable bonds is 3. The van der Waals surface area contributed by atoms with Gasteiger partial charge >= 0.3 is 0 Å². The summed E-state index contributed by atoms with van der Waals surface area (Å²) >= 11 is 0. The fourth-order valence-electron chi connectivity index (χ4n) is 1.98. The molecule has 96 valence electrons. The lowest BCUT2D eigenvalue weighted by Crippen LogP contribution is -2.00. The van der Waals surface area contributed by atoms with Crippen molar-refractivity contribution in [3.05, 3.63) is 53.5 Å². The van der Waals surface area contributed by atoms with E-state index in [2.05, 4.69) is 51.5 Å². The summed E-state index contributed by atoms with van der Waals surface area (Å²) in [6, 6.07) is 12.3. The molecule has 0 aliphatic carbocycles. The molecule has 2 heterocycles. The highest BCUT2D eigenvalue weighted by Gasteiger charge is 2.03. The third-order valence-corrected chi connectivity index (χ3v) is 3.05. The average Bonchev–Trinajstić information content (AvgIpc) is 2.80. The van der Waals surface area contributed by atoms with Gasteiger partial charge in [0.1, 0.15) is 5.82 Å². The Morgan fingerprint density at radius 1 is 1.00 bits per heavy atom. The molecule has 0 aliphatic heterocycles. The normalized spacial score (nSPS) is 10.8. The minimum absolute atomic E-state index is 0.665. The lowest BCUT2D eigenvalue weighted by Gasteiger charge is -2.04. The van der Waals surface area contributed by atoms with E-state index in [1.54, 1.807) is 0 Å². The zero-order chi connectivity index (χ0) is 13.2. The van der Waals surface area contributed by atoms with Gasteiger partial charge in [-0.3, -0.25) is 0 Å². The Kier molecular flexibility index (Phi) is 2.91. The van der Waals surface area contributed by atoms with Gasteiger partial charge in [-0.15, -0.1) is 0 Å². The van der Waals surface area contributed by atoms with Crippen LogP contribution in [0.2, 0.25) is 0 Å². The Bertz CT molecular complexity index is 698. The molecule has 0 saturated carbocycles. The molecule has 0 amide bonds. The molecule has 3 aromatic rings. The highest BCUT2D eigenvalue weighted by molar-refractivity contribution is 5.70. The number of anilines is 1. The van der Waals surface area contributed by atoms with Crippen molar-refractivity contribution in [3.8, 4) is 0 Å². The molecule has 0 fully saturated rings. The zero-order valence-corrected chi connectivity index (χ0v) is 11.1. The summed E-state index contributed by atoms with van der Waals surface area (Å²) in [6.07, 6.45) is 0. The van der Waals surface area contributed by atoms with Crippen LogP contribution in [0.25, 0.3) is 11.2 Å². The Morgan fingerprint density at radius 2 is 1.79 bits per heavy atom. The van der Waals surface area contributed by atoms with Crippen molar-refractivity contribution in [3.63, 3.8) is 0 Å². The number of hydrogen-bond acceptors (Lipinski definition) is 3. The van der Waals surface area contributed by atoms with E-state index in [-0.39, 0.29) is 0 Å². The highest BCUT2D eigenvalue weighted by atomic mass is 15.0. The van der Waals surface area contributed by atoms with Crippen LogP contribution >= 0.6 is 0 Å². The number of fused-ring (bicyclic) bond motifs is 1. The minimum atomic E-state index is 0.665. The first-order valence-corrected chi connectivity index (χ1v) is 6.33. The molecule has 4 heteroatoms. The van der Waals surface area contributed by atoms with Gasteiger partial charge in [0, 0.05) is 11.4 Å². The van der Waals surface area contributed by atoms with Crippen LogP contribution in [0, 0.1) is 13.8 Å². The van der Waals surface area contributed by atoms with Gasteiger partial charge in [0.05, 0.1) is 12.1 Å². The molecule has 3 rings (SSSR count). The van der Waals surface area contributed by atoms with Crippen LogP contribution in [0.3, 0.4) is 0 Å². The van der Waals surface area contributed by atoms with Gasteiger partial charge in [-0.25, -0.2) is 9.97 Å². The number of imidazole rings is 1. The number of aromatic amines is 1. The maximum Gasteiger partial charge on any atom is 0.178 e. The predicted molar refractivity (Wildman–Crippen MR) is 77.1 cm³/mol. The van der Waals surface area contributed by atoms with E-state index in [9.17, 15) is 0 Å². The van der Waals surface area contributed by atoms with Crippen molar-refractivity contribution in [2.45, 2.75) is 20.4 Å². The van der Waals surface area contributed by atoms with E-state index >= 15 is 0 Å². The second-order valence-corrected chi connectivity index (χ2v) is 4.73. The fourth-order valence-corrected chi connectivity index (χ4v) is 1.98. The Balaban J connectivity index is 1.76. The van der Waals surface area contributed by atoms with Gasteiger partial charge in [0.25, 0.3) is 0 Å². The van der Waals surface area contributed by atoms with Crippen molar-refractivity contribution in [1.29, 1.82) is 0 Å². The van der Waals surface area contributed by atoms with E-state index < -0.39 is 0 Å². The van der Waals surface area contributed by atoms with Crippen LogP contribution in [0.5, 0.6) is 0 Å². The van der Waals surface area contributed by atoms with Crippen LogP contribution in [0.4, 0.5) is 5.69 Å². The molecular formula is C15H16N4. The van der Waals surface area contributed by atoms with Crippen molar-refractivity contribution < 1.29 is 0 Å². The van der Waals surface area contributed by atoms with Crippen LogP contribution in [0.15, 0.2) is 36.4 Å². The molecule has 0 atom stereocenters. The number of aromatic nitrogens is 3. The minimum Gasteiger partial charge on any atom is -0.378 e. The van der Waals surface area contributed by atoms with Gasteiger partial charge in [-0.2, -0.15) is 0 Å². The number of nitrogens with zero attached hydrogens (tertiary/aromatic N) is 2. The Morgan fingerprint density at radius 3 is 2.58 bits per heavy atom. The SMILES string of the molecule is Cc1ccc(NCc2nc3nc(C)ccc3[nH]2)cc1. The molecule has 1 aromatic carbocycles. The molecule has 0 unspecified atom stereocenters. The van der Waals surface area contributed by atoms with Crippen molar-refractivity contribution in [2.75, 3.05) is 5.32 Å². The molecule has 0 radical (unpaired) electrons. The number of H-pyrrole nitrogens is 1. The quantitative estimate of drug-likeness (QED) is 0.752. The van der Waals surface area contributed by atoms with E-state index in [1.807, 2.05) is 19.1 Å². The first kappa shape index (κ1) is 11.7. The third-order valence-electron chi connectivity index (χ3n) is 3.05. The van der Waals surface area contributed by atoms with Crippen LogP contribution in [0.1, 0.15) is 17.1 Å². The number of benzene rings is 1. The summed E-state index contributed by atoms with van der Waals surface area (Å²) in [5.74, 6) is 0.897. The first-order chi connectivity index (χ1) is 9.20. The van der Waals surface area contributed by atoms with Crippen LogP contribution in [-0.4, -0.2) is 15.0 Å². The molecule has 4 nitrogen and oxygen atoms in total. The molecule has 0 bridgehead atoms. The maximum atomic E-state index is 4.48. The first-order valence-electron chi connectivity index (χ1n) is 6.33. The lowest BCUT2D eigenvalue weighted by molar-refractivity contribution is 1.01. The van der Waals surface area contributed by atoms with Gasteiger partial charge in [0.15, 0.2) is 5.65 Å². The summed E-state index contributed by atoms with van der Waals surface area (Å²) < 4.78 is 0. The van der Waals surface area contributed by atoms with Crippen molar-refractivity contribution >= 4 is 16.9 Å². The Hall–Kier alpha value is -2.36. The van der Waals surface area contributed by atoms with E-state index in [0.29, 0.717) is 6.54 Å². The topological polar surface area (TPSA) is 53.6 Å². The summed E-state index contributed by atoms with van der Waals surface area (Å²) in [4.78, 5) is 12.1. The monoisotopic (exact) mass is 252 g/mol. The molecule has 2 aromatic heterocycles. The van der Waals surface area contributed by atoms with Gasteiger partial charge in [0.2, 0.25) is 0 Å². The van der Waals surface area contributed by atoms with Crippen LogP contribution < -0.4 is 5.32 Å². The number of nitrogens with one attached hydrogen (secondary N) is 2. The second kappa shape index (κ2) is 4.72. The van der Waals surface area contributed by atoms with Gasteiger partial charge in [-0.05, 0) is 38.1 Å². The molecular weight excluding hydrogens is 236 g/mol. The van der Waals surface area contributed by atoms with Crippen LogP contribution in [-0.2, 0) is 6.54 Å². The standard InChI is InChI=1S/C15H16N4/c1-10-3-6-12(7-4-10)16-9-14-18-13-8-5-11(2)17-15(13)19-14/h3-8,16H,9H2,1-2H3,(H,17,18,19). The molecule has 0 aliphatic rings. The highest BCUT2D eigenvalue weighted by Crippen LogP contribution is 2.12. The molecule has 0 saturated heterocycles. The lowest BCUT2D eigenvalue weighted by atomic mass is 10.2. The summed E-state index contributed by atoms with van der Waals surface area (Å²) in [5.41, 5.74) is 5.09. The third kappa shape index (κ3) is 2.57. The van der Waals surface area contributed by atoms with E-state index in [0.717, 1.165) is 28.4 Å². The number of hydrogen-bond donors (Lipinski definition) is 2. The van der Waals surface area contributed by atoms with Crippen molar-refractivity contribution in [1.82, 2.24) is 15.0 Å². The molecule has 19 heavy (non-hydrogen) atoms. The van der Waals surface area contributed by atoms with Crippen molar-refractivity contribution in [2.24, 2.45) is 0 Å². The maximum absolute atomic E-state index is 4.48. The average molecular weight is 252 g/mol. The largest absolute Gasteiger partial charge is 0.378 e. The smallest absolute Gasteiger partial charge is 0.178 e. The number of aryl methyl sites for hydroxylation is 2. The van der Waals surface area contributed by atoms with E-state index in [4.69, 9.17) is 0 Å². The summed E-state index contributed by atoms with van der Waals surface area (Å²) in [5, 5.41) is 3.34. The number of pyridine rings is 1. The molecule has 0 spiro atoms. The van der Waals surface area contributed by atoms with Gasteiger partial charge < -0.3 is 10.3 Å². The second-order valence-electron chi connectivity index (χ2n) is 4.73.